The summed E-state index contributed by atoms with van der Waals surface area (Å²) >= 11 is 3.41. The van der Waals surface area contributed by atoms with Gasteiger partial charge >= 0.3 is 0 Å². The fourth-order valence-electron chi connectivity index (χ4n) is 3.47. The summed E-state index contributed by atoms with van der Waals surface area (Å²) < 4.78 is 60.5. The van der Waals surface area contributed by atoms with Crippen molar-refractivity contribution in [2.75, 3.05) is 19.0 Å². The SMILES string of the molecule is CCS(=O)(=O)c1ccc(OCC(CCCOS(=O)(=O)c2ccc(C)cc2)C2CC2)c(Br)c1. The molecule has 1 aliphatic rings. The Morgan fingerprint density at radius 2 is 1.69 bits per heavy atom. The molecule has 1 unspecified atom stereocenters. The van der Waals surface area contributed by atoms with Gasteiger partial charge in [0.15, 0.2) is 9.84 Å². The minimum Gasteiger partial charge on any atom is -0.492 e. The van der Waals surface area contributed by atoms with Crippen molar-refractivity contribution in [1.29, 1.82) is 0 Å². The molecule has 0 heterocycles. The molecule has 2 aromatic carbocycles. The number of ether oxygens (including phenoxy) is 1. The summed E-state index contributed by atoms with van der Waals surface area (Å²) in [5.41, 5.74) is 0.990. The van der Waals surface area contributed by atoms with Crippen molar-refractivity contribution >= 4 is 35.9 Å². The van der Waals surface area contributed by atoms with E-state index in [0.717, 1.165) is 24.8 Å². The van der Waals surface area contributed by atoms with Crippen molar-refractivity contribution in [1.82, 2.24) is 0 Å². The molecular weight excluding hydrogens is 516 g/mol. The fourth-order valence-corrected chi connectivity index (χ4v) is 5.96. The van der Waals surface area contributed by atoms with E-state index in [1.165, 1.54) is 0 Å². The molecule has 0 bridgehead atoms. The van der Waals surface area contributed by atoms with Crippen molar-refractivity contribution in [3.05, 3.63) is 52.5 Å². The van der Waals surface area contributed by atoms with Gasteiger partial charge < -0.3 is 4.74 Å². The largest absolute Gasteiger partial charge is 0.492 e. The molecule has 0 N–H and O–H groups in total. The molecule has 0 spiro atoms. The first-order valence-corrected chi connectivity index (χ1v) is 14.6. The van der Waals surface area contributed by atoms with Crippen molar-refractivity contribution in [2.45, 2.75) is 49.3 Å². The van der Waals surface area contributed by atoms with Gasteiger partial charge in [-0.05, 0) is 90.7 Å². The summed E-state index contributed by atoms with van der Waals surface area (Å²) in [5.74, 6) is 1.52. The van der Waals surface area contributed by atoms with Crippen molar-refractivity contribution in [3.63, 3.8) is 0 Å². The first-order valence-electron chi connectivity index (χ1n) is 10.7. The minimum atomic E-state index is -3.75. The Labute approximate surface area is 199 Å². The summed E-state index contributed by atoms with van der Waals surface area (Å²) in [4.78, 5) is 0.438. The summed E-state index contributed by atoms with van der Waals surface area (Å²) in [6, 6.07) is 11.4. The van der Waals surface area contributed by atoms with Crippen LogP contribution in [-0.2, 0) is 24.1 Å². The lowest BCUT2D eigenvalue weighted by atomic mass is 9.99. The van der Waals surface area contributed by atoms with Crippen LogP contribution >= 0.6 is 15.9 Å². The second-order valence-electron chi connectivity index (χ2n) is 8.14. The molecule has 1 fully saturated rings. The van der Waals surface area contributed by atoms with Crippen LogP contribution in [0.2, 0.25) is 0 Å². The second kappa shape index (κ2) is 10.7. The molecule has 0 aromatic heterocycles. The van der Waals surface area contributed by atoms with Crippen LogP contribution in [0.25, 0.3) is 0 Å². The third-order valence-corrected chi connectivity index (χ3v) is 9.33. The van der Waals surface area contributed by atoms with Crippen LogP contribution in [0.1, 0.15) is 38.2 Å². The maximum atomic E-state index is 12.3. The van der Waals surface area contributed by atoms with Gasteiger partial charge in [-0.3, -0.25) is 4.18 Å². The van der Waals surface area contributed by atoms with Gasteiger partial charge in [-0.25, -0.2) is 8.42 Å². The Kier molecular flexibility index (Phi) is 8.41. The number of sulfone groups is 1. The van der Waals surface area contributed by atoms with E-state index < -0.39 is 20.0 Å². The first-order chi connectivity index (χ1) is 15.1. The lowest BCUT2D eigenvalue weighted by Gasteiger charge is -2.18. The lowest BCUT2D eigenvalue weighted by molar-refractivity contribution is 0.207. The van der Waals surface area contributed by atoms with Crippen LogP contribution in [0.4, 0.5) is 0 Å². The average Bonchev–Trinajstić information content (AvgIpc) is 3.59. The van der Waals surface area contributed by atoms with Gasteiger partial charge in [0.1, 0.15) is 5.75 Å². The summed E-state index contributed by atoms with van der Waals surface area (Å²) in [6.45, 7) is 4.14. The number of hydrogen-bond acceptors (Lipinski definition) is 6. The smallest absolute Gasteiger partial charge is 0.296 e. The van der Waals surface area contributed by atoms with E-state index >= 15 is 0 Å². The predicted molar refractivity (Wildman–Crippen MR) is 127 cm³/mol. The first kappa shape index (κ1) is 25.2. The van der Waals surface area contributed by atoms with Gasteiger partial charge in [-0.2, -0.15) is 8.42 Å². The molecule has 3 rings (SSSR count). The van der Waals surface area contributed by atoms with E-state index in [1.807, 2.05) is 6.92 Å². The third-order valence-electron chi connectivity index (χ3n) is 5.65. The van der Waals surface area contributed by atoms with Crippen LogP contribution in [0.3, 0.4) is 0 Å². The summed E-state index contributed by atoms with van der Waals surface area (Å²) in [7, 11) is -7.02. The van der Waals surface area contributed by atoms with Gasteiger partial charge in [0.25, 0.3) is 10.1 Å². The van der Waals surface area contributed by atoms with Gasteiger partial charge in [0.05, 0.1) is 33.2 Å². The van der Waals surface area contributed by atoms with Gasteiger partial charge in [0, 0.05) is 0 Å². The lowest BCUT2D eigenvalue weighted by Crippen LogP contribution is -2.16. The van der Waals surface area contributed by atoms with Crippen molar-refractivity contribution in [3.8, 4) is 5.75 Å². The second-order valence-corrected chi connectivity index (χ2v) is 12.9. The normalized spacial score (nSPS) is 15.5. The molecule has 32 heavy (non-hydrogen) atoms. The van der Waals surface area contributed by atoms with Crippen molar-refractivity contribution < 1.29 is 25.8 Å². The van der Waals surface area contributed by atoms with E-state index in [1.54, 1.807) is 49.4 Å². The van der Waals surface area contributed by atoms with Crippen LogP contribution in [0, 0.1) is 18.8 Å². The van der Waals surface area contributed by atoms with Crippen LogP contribution < -0.4 is 4.74 Å². The molecule has 9 heteroatoms. The number of rotatable bonds is 12. The molecular formula is C23H29BrO6S2. The molecule has 1 aliphatic carbocycles. The maximum Gasteiger partial charge on any atom is 0.296 e. The number of benzene rings is 2. The molecule has 6 nitrogen and oxygen atoms in total. The molecule has 0 amide bonds. The number of halogens is 1. The molecule has 0 aliphatic heterocycles. The Balaban J connectivity index is 1.51. The zero-order valence-electron chi connectivity index (χ0n) is 18.3. The monoisotopic (exact) mass is 544 g/mol. The molecule has 2 aromatic rings. The van der Waals surface area contributed by atoms with E-state index in [9.17, 15) is 16.8 Å². The van der Waals surface area contributed by atoms with Crippen LogP contribution in [0.15, 0.2) is 56.7 Å². The maximum absolute atomic E-state index is 12.3. The topological polar surface area (TPSA) is 86.7 Å². The quantitative estimate of drug-likeness (QED) is 0.271. The predicted octanol–water partition coefficient (Wildman–Crippen LogP) is 5.14. The van der Waals surface area contributed by atoms with Crippen LogP contribution in [0.5, 0.6) is 5.75 Å². The molecule has 1 saturated carbocycles. The average molecular weight is 546 g/mol. The minimum absolute atomic E-state index is 0.0467. The third kappa shape index (κ3) is 6.79. The zero-order chi connectivity index (χ0) is 23.4. The molecule has 1 atom stereocenters. The highest BCUT2D eigenvalue weighted by molar-refractivity contribution is 9.10. The van der Waals surface area contributed by atoms with Crippen LogP contribution in [-0.4, -0.2) is 35.8 Å². The molecule has 176 valence electrons. The summed E-state index contributed by atoms with van der Waals surface area (Å²) in [6.07, 6.45) is 3.70. The van der Waals surface area contributed by atoms with E-state index in [4.69, 9.17) is 8.92 Å². The number of hydrogen-bond donors (Lipinski definition) is 0. The highest BCUT2D eigenvalue weighted by atomic mass is 79.9. The molecule has 0 radical (unpaired) electrons. The highest BCUT2D eigenvalue weighted by Crippen LogP contribution is 2.40. The van der Waals surface area contributed by atoms with Gasteiger partial charge in [-0.1, -0.05) is 24.6 Å². The van der Waals surface area contributed by atoms with E-state index in [2.05, 4.69) is 15.9 Å². The Bertz CT molecular complexity index is 1120. The van der Waals surface area contributed by atoms with E-state index in [-0.39, 0.29) is 22.2 Å². The Morgan fingerprint density at radius 3 is 2.28 bits per heavy atom. The number of aryl methyl sites for hydroxylation is 1. The zero-order valence-corrected chi connectivity index (χ0v) is 21.5. The molecule has 0 saturated heterocycles. The van der Waals surface area contributed by atoms with Gasteiger partial charge in [-0.15, -0.1) is 0 Å². The van der Waals surface area contributed by atoms with Crippen molar-refractivity contribution in [2.24, 2.45) is 11.8 Å². The van der Waals surface area contributed by atoms with E-state index in [0.29, 0.717) is 35.1 Å². The fraction of sp³-hybridized carbons (Fsp3) is 0.478. The standard InChI is InChI=1S/C23H29BrO6S2/c1-3-31(25,26)21-12-13-23(22(24)15-21)29-16-19(18-8-9-18)5-4-14-30-32(27,28)20-10-6-17(2)7-11-20/h6-7,10-13,15,18-19H,3-5,8-9,14,16H2,1-2H3. The summed E-state index contributed by atoms with van der Waals surface area (Å²) in [5, 5.41) is 0. The Morgan fingerprint density at radius 1 is 1.03 bits per heavy atom. The highest BCUT2D eigenvalue weighted by Gasteiger charge is 2.31. The van der Waals surface area contributed by atoms with Gasteiger partial charge in [0.2, 0.25) is 0 Å². The Hall–Kier alpha value is -1.42.